The largest absolute Gasteiger partial charge is 0.312 e. The van der Waals surface area contributed by atoms with Crippen LogP contribution in [0.1, 0.15) is 25.8 Å². The topological polar surface area (TPSA) is 15.3 Å². The Kier molecular flexibility index (Phi) is 5.70. The third-order valence-corrected chi connectivity index (χ3v) is 4.78. The van der Waals surface area contributed by atoms with Crippen LogP contribution in [0.2, 0.25) is 5.02 Å². The molecule has 0 aromatic heterocycles. The van der Waals surface area contributed by atoms with Gasteiger partial charge in [-0.05, 0) is 57.0 Å². The van der Waals surface area contributed by atoms with Crippen molar-refractivity contribution in [3.63, 3.8) is 0 Å². The average Bonchev–Trinajstić information content (AvgIpc) is 2.81. The predicted molar refractivity (Wildman–Crippen MR) is 85.7 cm³/mol. The molecule has 19 heavy (non-hydrogen) atoms. The Morgan fingerprint density at radius 1 is 1.47 bits per heavy atom. The van der Waals surface area contributed by atoms with Crippen LogP contribution in [0.3, 0.4) is 0 Å². The van der Waals surface area contributed by atoms with Crippen molar-refractivity contribution in [2.45, 2.75) is 32.9 Å². The fourth-order valence-electron chi connectivity index (χ4n) is 2.57. The summed E-state index contributed by atoms with van der Waals surface area (Å²) in [4.78, 5) is 2.56. The highest BCUT2D eigenvalue weighted by Gasteiger charge is 2.23. The molecule has 1 N–H and O–H groups in total. The van der Waals surface area contributed by atoms with E-state index in [1.165, 1.54) is 25.1 Å². The molecule has 1 saturated heterocycles. The number of benzene rings is 1. The van der Waals surface area contributed by atoms with Gasteiger partial charge in [0, 0.05) is 28.6 Å². The lowest BCUT2D eigenvalue weighted by molar-refractivity contribution is 0.264. The first kappa shape index (κ1) is 15.3. The monoisotopic (exact) mass is 344 g/mol. The zero-order chi connectivity index (χ0) is 13.8. The number of likely N-dealkylation sites (tertiary alicyclic amines) is 1. The molecule has 1 aliphatic rings. The normalized spacial score (nSPS) is 20.4. The van der Waals surface area contributed by atoms with Gasteiger partial charge < -0.3 is 10.2 Å². The molecular formula is C15H22BrClN2. The van der Waals surface area contributed by atoms with Crippen LogP contribution in [0.25, 0.3) is 0 Å². The van der Waals surface area contributed by atoms with Gasteiger partial charge in [0.25, 0.3) is 0 Å². The molecule has 0 amide bonds. The van der Waals surface area contributed by atoms with E-state index >= 15 is 0 Å². The molecule has 0 radical (unpaired) electrons. The van der Waals surface area contributed by atoms with Crippen molar-refractivity contribution in [2.75, 3.05) is 19.6 Å². The fourth-order valence-corrected chi connectivity index (χ4v) is 3.40. The summed E-state index contributed by atoms with van der Waals surface area (Å²) in [7, 11) is 0. The van der Waals surface area contributed by atoms with Crippen LogP contribution in [0.15, 0.2) is 22.7 Å². The van der Waals surface area contributed by atoms with Gasteiger partial charge in [-0.25, -0.2) is 0 Å². The van der Waals surface area contributed by atoms with Gasteiger partial charge in [0.2, 0.25) is 0 Å². The van der Waals surface area contributed by atoms with Crippen molar-refractivity contribution in [3.05, 3.63) is 33.3 Å². The molecule has 1 atom stereocenters. The van der Waals surface area contributed by atoms with Crippen LogP contribution in [0, 0.1) is 5.92 Å². The van der Waals surface area contributed by atoms with Crippen molar-refractivity contribution in [1.82, 2.24) is 10.2 Å². The molecule has 1 unspecified atom stereocenters. The van der Waals surface area contributed by atoms with Gasteiger partial charge in [-0.15, -0.1) is 0 Å². The molecular weight excluding hydrogens is 324 g/mol. The number of nitrogens with one attached hydrogen (secondary N) is 1. The summed E-state index contributed by atoms with van der Waals surface area (Å²) in [5.41, 5.74) is 1.27. The fraction of sp³-hybridized carbons (Fsp3) is 0.600. The third kappa shape index (κ3) is 4.45. The lowest BCUT2D eigenvalue weighted by atomic mass is 10.1. The Balaban J connectivity index is 1.75. The number of rotatable bonds is 5. The lowest BCUT2D eigenvalue weighted by Crippen LogP contribution is -2.30. The van der Waals surface area contributed by atoms with Crippen LogP contribution in [0.5, 0.6) is 0 Å². The van der Waals surface area contributed by atoms with E-state index in [4.69, 9.17) is 11.6 Å². The highest BCUT2D eigenvalue weighted by molar-refractivity contribution is 9.10. The Hall–Kier alpha value is -0.0900. The highest BCUT2D eigenvalue weighted by Crippen LogP contribution is 2.22. The predicted octanol–water partition coefficient (Wildman–Crippen LogP) is 3.92. The van der Waals surface area contributed by atoms with Crippen LogP contribution in [0.4, 0.5) is 0 Å². The van der Waals surface area contributed by atoms with E-state index in [0.717, 1.165) is 28.5 Å². The first-order valence-electron chi connectivity index (χ1n) is 6.95. The Bertz CT molecular complexity index is 423. The smallest absolute Gasteiger partial charge is 0.0417 e. The van der Waals surface area contributed by atoms with Gasteiger partial charge in [-0.2, -0.15) is 0 Å². The maximum atomic E-state index is 5.94. The van der Waals surface area contributed by atoms with Gasteiger partial charge >= 0.3 is 0 Å². The van der Waals surface area contributed by atoms with Crippen molar-refractivity contribution >= 4 is 27.5 Å². The zero-order valence-corrected chi connectivity index (χ0v) is 14.0. The summed E-state index contributed by atoms with van der Waals surface area (Å²) in [6.45, 7) is 9.02. The molecule has 0 aliphatic carbocycles. The van der Waals surface area contributed by atoms with Gasteiger partial charge in [-0.3, -0.25) is 0 Å². The SMILES string of the molecule is CC(C)N1CCC(CNCc2ccc(Cl)cc2Br)C1. The molecule has 106 valence electrons. The maximum absolute atomic E-state index is 5.94. The van der Waals surface area contributed by atoms with Gasteiger partial charge in [0.1, 0.15) is 0 Å². The molecule has 2 nitrogen and oxygen atoms in total. The van der Waals surface area contributed by atoms with E-state index in [9.17, 15) is 0 Å². The van der Waals surface area contributed by atoms with Gasteiger partial charge in [-0.1, -0.05) is 33.6 Å². The van der Waals surface area contributed by atoms with Crippen molar-refractivity contribution < 1.29 is 0 Å². The summed E-state index contributed by atoms with van der Waals surface area (Å²) in [5.74, 6) is 0.786. The molecule has 4 heteroatoms. The molecule has 1 fully saturated rings. The molecule has 1 aliphatic heterocycles. The number of hydrogen-bond donors (Lipinski definition) is 1. The third-order valence-electron chi connectivity index (χ3n) is 3.81. The van der Waals surface area contributed by atoms with Crippen LogP contribution >= 0.6 is 27.5 Å². The van der Waals surface area contributed by atoms with Crippen LogP contribution in [-0.2, 0) is 6.54 Å². The minimum Gasteiger partial charge on any atom is -0.312 e. The molecule has 1 heterocycles. The van der Waals surface area contributed by atoms with E-state index in [1.54, 1.807) is 0 Å². The standard InChI is InChI=1S/C15H22BrClN2/c1-11(2)19-6-5-12(10-19)8-18-9-13-3-4-14(17)7-15(13)16/h3-4,7,11-12,18H,5-6,8-10H2,1-2H3. The first-order valence-corrected chi connectivity index (χ1v) is 8.12. The minimum absolute atomic E-state index is 0.676. The molecule has 0 bridgehead atoms. The Labute approximate surface area is 129 Å². The van der Waals surface area contributed by atoms with Gasteiger partial charge in [0.05, 0.1) is 0 Å². The molecule has 2 rings (SSSR count). The van der Waals surface area contributed by atoms with Crippen molar-refractivity contribution in [1.29, 1.82) is 0 Å². The quantitative estimate of drug-likeness (QED) is 0.870. The summed E-state index contributed by atoms with van der Waals surface area (Å²) < 4.78 is 1.09. The number of nitrogens with zero attached hydrogens (tertiary/aromatic N) is 1. The Morgan fingerprint density at radius 3 is 2.89 bits per heavy atom. The molecule has 0 saturated carbocycles. The Morgan fingerprint density at radius 2 is 2.26 bits per heavy atom. The van der Waals surface area contributed by atoms with E-state index in [1.807, 2.05) is 12.1 Å². The molecule has 1 aromatic carbocycles. The van der Waals surface area contributed by atoms with Crippen LogP contribution in [-0.4, -0.2) is 30.6 Å². The highest BCUT2D eigenvalue weighted by atomic mass is 79.9. The van der Waals surface area contributed by atoms with Crippen LogP contribution < -0.4 is 5.32 Å². The summed E-state index contributed by atoms with van der Waals surface area (Å²) in [5, 5.41) is 4.34. The second-order valence-electron chi connectivity index (χ2n) is 5.61. The summed E-state index contributed by atoms with van der Waals surface area (Å²) >= 11 is 9.50. The van der Waals surface area contributed by atoms with E-state index in [0.29, 0.717) is 6.04 Å². The summed E-state index contributed by atoms with van der Waals surface area (Å²) in [6, 6.07) is 6.65. The second kappa shape index (κ2) is 7.07. The molecule has 1 aromatic rings. The number of hydrogen-bond acceptors (Lipinski definition) is 2. The lowest BCUT2D eigenvalue weighted by Gasteiger charge is -2.20. The van der Waals surface area contributed by atoms with E-state index < -0.39 is 0 Å². The van der Waals surface area contributed by atoms with Crippen molar-refractivity contribution in [3.8, 4) is 0 Å². The van der Waals surface area contributed by atoms with E-state index in [-0.39, 0.29) is 0 Å². The van der Waals surface area contributed by atoms with E-state index in [2.05, 4.69) is 46.1 Å². The summed E-state index contributed by atoms with van der Waals surface area (Å²) in [6.07, 6.45) is 1.31. The van der Waals surface area contributed by atoms with Gasteiger partial charge in [0.15, 0.2) is 0 Å². The number of halogens is 2. The minimum atomic E-state index is 0.676. The van der Waals surface area contributed by atoms with Crippen molar-refractivity contribution in [2.24, 2.45) is 5.92 Å². The average molecular weight is 346 g/mol. The first-order chi connectivity index (χ1) is 9.06. The second-order valence-corrected chi connectivity index (χ2v) is 6.90. The molecule has 0 spiro atoms. The zero-order valence-electron chi connectivity index (χ0n) is 11.6. The maximum Gasteiger partial charge on any atom is 0.0417 e.